The maximum atomic E-state index is 11.2. The lowest BCUT2D eigenvalue weighted by molar-refractivity contribution is -0.114. The average Bonchev–Trinajstić information content (AvgIpc) is 2.39. The predicted molar refractivity (Wildman–Crippen MR) is 69.0 cm³/mol. The van der Waals surface area contributed by atoms with Crippen LogP contribution in [0.3, 0.4) is 0 Å². The lowest BCUT2D eigenvalue weighted by atomic mass is 10.0. The molecule has 2 aromatic rings. The molecule has 0 saturated heterocycles. The first kappa shape index (κ1) is 9.90. The lowest BCUT2D eigenvalue weighted by Crippen LogP contribution is -2.27. The topological polar surface area (TPSA) is 41.1 Å². The molecule has 1 aliphatic heterocycles. The van der Waals surface area contributed by atoms with Crippen LogP contribution >= 0.6 is 0 Å². The lowest BCUT2D eigenvalue weighted by Gasteiger charge is -2.19. The van der Waals surface area contributed by atoms with Crippen LogP contribution in [0.2, 0.25) is 0 Å². The van der Waals surface area contributed by atoms with Crippen molar-refractivity contribution in [3.63, 3.8) is 0 Å². The Bertz CT molecular complexity index is 564. The molecule has 0 fully saturated rings. The first-order chi connectivity index (χ1) is 8.33. The van der Waals surface area contributed by atoms with Gasteiger partial charge < -0.3 is 10.6 Å². The van der Waals surface area contributed by atoms with Crippen LogP contribution in [0.15, 0.2) is 48.5 Å². The summed E-state index contributed by atoms with van der Waals surface area (Å²) in [6, 6.07) is 16.2. The molecule has 1 aliphatic rings. The van der Waals surface area contributed by atoms with Gasteiger partial charge in [-0.05, 0) is 23.3 Å². The van der Waals surface area contributed by atoms with Crippen molar-refractivity contribution in [2.24, 2.45) is 0 Å². The van der Waals surface area contributed by atoms with E-state index in [2.05, 4.69) is 28.8 Å². The Morgan fingerprint density at radius 1 is 0.882 bits per heavy atom. The van der Waals surface area contributed by atoms with Crippen LogP contribution in [-0.2, 0) is 4.79 Å². The van der Waals surface area contributed by atoms with Gasteiger partial charge in [-0.1, -0.05) is 36.4 Å². The van der Waals surface area contributed by atoms with Crippen molar-refractivity contribution in [3.05, 3.63) is 48.5 Å². The van der Waals surface area contributed by atoms with Crippen molar-refractivity contribution >= 4 is 17.3 Å². The minimum atomic E-state index is 0.00459. The van der Waals surface area contributed by atoms with Crippen LogP contribution in [0.1, 0.15) is 0 Å². The highest BCUT2D eigenvalue weighted by molar-refractivity contribution is 6.01. The fourth-order valence-electron chi connectivity index (χ4n) is 1.98. The van der Waals surface area contributed by atoms with Gasteiger partial charge >= 0.3 is 0 Å². The van der Waals surface area contributed by atoms with E-state index in [1.807, 2.05) is 30.3 Å². The third kappa shape index (κ3) is 1.87. The molecule has 0 saturated carbocycles. The molecule has 0 aromatic heterocycles. The average molecular weight is 224 g/mol. The predicted octanol–water partition coefficient (Wildman–Crippen LogP) is 2.72. The second-order valence-corrected chi connectivity index (χ2v) is 4.03. The standard InChI is InChI=1S/C14H12N2O/c17-14-9-15-13-8-11(6-7-12(13)16-14)10-4-2-1-3-5-10/h1-8,15H,9H2,(H,16,17). The van der Waals surface area contributed by atoms with Crippen LogP contribution in [0.4, 0.5) is 11.4 Å². The van der Waals surface area contributed by atoms with E-state index in [1.54, 1.807) is 0 Å². The van der Waals surface area contributed by atoms with E-state index >= 15 is 0 Å². The van der Waals surface area contributed by atoms with Crippen molar-refractivity contribution in [1.29, 1.82) is 0 Å². The summed E-state index contributed by atoms with van der Waals surface area (Å²) in [5, 5.41) is 5.95. The Labute approximate surface area is 99.5 Å². The number of amides is 1. The first-order valence-corrected chi connectivity index (χ1v) is 5.56. The summed E-state index contributed by atoms with van der Waals surface area (Å²) in [6.07, 6.45) is 0. The van der Waals surface area contributed by atoms with Crippen molar-refractivity contribution in [2.75, 3.05) is 17.2 Å². The van der Waals surface area contributed by atoms with Crippen LogP contribution in [-0.4, -0.2) is 12.5 Å². The van der Waals surface area contributed by atoms with E-state index in [-0.39, 0.29) is 5.91 Å². The summed E-state index contributed by atoms with van der Waals surface area (Å²) in [7, 11) is 0. The number of benzene rings is 2. The fraction of sp³-hybridized carbons (Fsp3) is 0.0714. The molecule has 0 radical (unpaired) electrons. The second-order valence-electron chi connectivity index (χ2n) is 4.03. The van der Waals surface area contributed by atoms with Gasteiger partial charge in [0.05, 0.1) is 17.9 Å². The molecule has 0 aliphatic carbocycles. The number of carbonyl (C=O) groups is 1. The highest BCUT2D eigenvalue weighted by Crippen LogP contribution is 2.30. The van der Waals surface area contributed by atoms with Gasteiger partial charge in [0.15, 0.2) is 0 Å². The molecule has 0 spiro atoms. The smallest absolute Gasteiger partial charge is 0.243 e. The number of hydrogen-bond acceptors (Lipinski definition) is 2. The Balaban J connectivity index is 2.02. The Morgan fingerprint density at radius 2 is 1.71 bits per heavy atom. The Kier molecular flexibility index (Phi) is 2.29. The van der Waals surface area contributed by atoms with E-state index < -0.39 is 0 Å². The Hall–Kier alpha value is -2.29. The molecule has 2 N–H and O–H groups in total. The fourth-order valence-corrected chi connectivity index (χ4v) is 1.98. The van der Waals surface area contributed by atoms with Gasteiger partial charge in [-0.15, -0.1) is 0 Å². The summed E-state index contributed by atoms with van der Waals surface area (Å²) in [5.74, 6) is 0.00459. The summed E-state index contributed by atoms with van der Waals surface area (Å²) >= 11 is 0. The van der Waals surface area contributed by atoms with Gasteiger partial charge in [0.25, 0.3) is 0 Å². The number of hydrogen-bond donors (Lipinski definition) is 2. The van der Waals surface area contributed by atoms with Crippen molar-refractivity contribution in [1.82, 2.24) is 0 Å². The maximum Gasteiger partial charge on any atom is 0.243 e. The highest BCUT2D eigenvalue weighted by atomic mass is 16.2. The van der Waals surface area contributed by atoms with Crippen molar-refractivity contribution in [3.8, 4) is 11.1 Å². The van der Waals surface area contributed by atoms with Gasteiger partial charge in [-0.25, -0.2) is 0 Å². The van der Waals surface area contributed by atoms with Crippen LogP contribution in [0.25, 0.3) is 11.1 Å². The summed E-state index contributed by atoms with van der Waals surface area (Å²) in [4.78, 5) is 11.2. The van der Waals surface area contributed by atoms with E-state index in [1.165, 1.54) is 5.56 Å². The third-order valence-electron chi connectivity index (χ3n) is 2.84. The molecule has 2 aromatic carbocycles. The normalized spacial score (nSPS) is 13.5. The van der Waals surface area contributed by atoms with Gasteiger partial charge in [-0.3, -0.25) is 4.79 Å². The highest BCUT2D eigenvalue weighted by Gasteiger charge is 2.13. The molecule has 17 heavy (non-hydrogen) atoms. The number of carbonyl (C=O) groups excluding carboxylic acids is 1. The number of rotatable bonds is 1. The monoisotopic (exact) mass is 224 g/mol. The van der Waals surface area contributed by atoms with Gasteiger partial charge in [0.2, 0.25) is 5.91 Å². The zero-order chi connectivity index (χ0) is 11.7. The molecule has 0 bridgehead atoms. The third-order valence-corrected chi connectivity index (χ3v) is 2.84. The Morgan fingerprint density at radius 3 is 2.53 bits per heavy atom. The molecule has 3 heteroatoms. The van der Waals surface area contributed by atoms with Gasteiger partial charge in [0.1, 0.15) is 0 Å². The van der Waals surface area contributed by atoms with Crippen molar-refractivity contribution in [2.45, 2.75) is 0 Å². The number of anilines is 2. The minimum absolute atomic E-state index is 0.00459. The zero-order valence-corrected chi connectivity index (χ0v) is 9.23. The van der Waals surface area contributed by atoms with Crippen LogP contribution in [0, 0.1) is 0 Å². The van der Waals surface area contributed by atoms with Crippen LogP contribution < -0.4 is 10.6 Å². The quantitative estimate of drug-likeness (QED) is 0.782. The van der Waals surface area contributed by atoms with Gasteiger partial charge in [0, 0.05) is 0 Å². The summed E-state index contributed by atoms with van der Waals surface area (Å²) in [6.45, 7) is 0.339. The zero-order valence-electron chi connectivity index (χ0n) is 9.23. The molecule has 3 nitrogen and oxygen atoms in total. The molecule has 3 rings (SSSR count). The first-order valence-electron chi connectivity index (χ1n) is 5.56. The molecular weight excluding hydrogens is 212 g/mol. The number of fused-ring (bicyclic) bond motifs is 1. The van der Waals surface area contributed by atoms with Crippen molar-refractivity contribution < 1.29 is 4.79 Å². The minimum Gasteiger partial charge on any atom is -0.374 e. The molecule has 84 valence electrons. The molecule has 1 amide bonds. The molecule has 1 heterocycles. The molecular formula is C14H12N2O. The number of nitrogens with one attached hydrogen (secondary N) is 2. The molecule has 0 atom stereocenters. The van der Waals surface area contributed by atoms with E-state index in [4.69, 9.17) is 0 Å². The van der Waals surface area contributed by atoms with E-state index in [9.17, 15) is 4.79 Å². The van der Waals surface area contributed by atoms with Gasteiger partial charge in [-0.2, -0.15) is 0 Å². The van der Waals surface area contributed by atoms with Crippen LogP contribution in [0.5, 0.6) is 0 Å². The molecule has 0 unspecified atom stereocenters. The van der Waals surface area contributed by atoms with E-state index in [0.717, 1.165) is 16.9 Å². The summed E-state index contributed by atoms with van der Waals surface area (Å²) < 4.78 is 0. The maximum absolute atomic E-state index is 11.2. The van der Waals surface area contributed by atoms with E-state index in [0.29, 0.717) is 6.54 Å². The second kappa shape index (κ2) is 3.94. The summed E-state index contributed by atoms with van der Waals surface area (Å²) in [5.41, 5.74) is 4.15. The SMILES string of the molecule is O=C1CNc2cc(-c3ccccc3)ccc2N1. The largest absolute Gasteiger partial charge is 0.374 e.